The van der Waals surface area contributed by atoms with E-state index in [0.29, 0.717) is 11.3 Å². The zero-order valence-corrected chi connectivity index (χ0v) is 20.8. The standard InChI is InChI=1S/C26H25N3O3S2/c1-5-14-29-24-19(4)15-18(3)16-23(24)33-26(29)27-25(30)21-8-6-7-9-22(21)28-34(31,32)20-12-10-17(2)11-13-20/h5-13,15-16,28H,1,14H2,2-4H3. The molecule has 0 unspecified atom stereocenters. The molecular formula is C26H25N3O3S2. The lowest BCUT2D eigenvalue weighted by atomic mass is 10.1. The molecule has 6 nitrogen and oxygen atoms in total. The van der Waals surface area contributed by atoms with Crippen molar-refractivity contribution in [3.8, 4) is 0 Å². The van der Waals surface area contributed by atoms with E-state index in [1.54, 1.807) is 42.5 Å². The minimum absolute atomic E-state index is 0.122. The Hall–Kier alpha value is -3.49. The maximum atomic E-state index is 13.3. The third kappa shape index (κ3) is 4.73. The Kier molecular flexibility index (Phi) is 6.54. The highest BCUT2D eigenvalue weighted by Gasteiger charge is 2.19. The number of rotatable bonds is 6. The Balaban J connectivity index is 1.78. The number of thiazole rings is 1. The highest BCUT2D eigenvalue weighted by atomic mass is 32.2. The zero-order chi connectivity index (χ0) is 24.5. The summed E-state index contributed by atoms with van der Waals surface area (Å²) in [6.07, 6.45) is 1.76. The van der Waals surface area contributed by atoms with Crippen molar-refractivity contribution in [2.24, 2.45) is 4.99 Å². The summed E-state index contributed by atoms with van der Waals surface area (Å²) in [7, 11) is -3.87. The smallest absolute Gasteiger partial charge is 0.281 e. The first-order valence-electron chi connectivity index (χ1n) is 10.7. The molecular weight excluding hydrogens is 466 g/mol. The van der Waals surface area contributed by atoms with E-state index in [0.717, 1.165) is 26.9 Å². The van der Waals surface area contributed by atoms with Crippen LogP contribution in [0, 0.1) is 20.8 Å². The number of fused-ring (bicyclic) bond motifs is 1. The fourth-order valence-corrected chi connectivity index (χ4v) is 6.10. The highest BCUT2D eigenvalue weighted by Crippen LogP contribution is 2.24. The first-order chi connectivity index (χ1) is 16.2. The molecule has 0 aliphatic heterocycles. The molecule has 3 aromatic carbocycles. The molecule has 1 amide bonds. The fourth-order valence-electron chi connectivity index (χ4n) is 3.80. The number of benzene rings is 3. The van der Waals surface area contributed by atoms with Gasteiger partial charge in [0.2, 0.25) is 0 Å². The molecule has 0 fully saturated rings. The van der Waals surface area contributed by atoms with Crippen LogP contribution in [0.3, 0.4) is 0 Å². The largest absolute Gasteiger partial charge is 0.312 e. The van der Waals surface area contributed by atoms with Crippen LogP contribution >= 0.6 is 11.3 Å². The number of sulfonamides is 1. The van der Waals surface area contributed by atoms with Crippen LogP contribution in [0.15, 0.2) is 83.2 Å². The number of allylic oxidation sites excluding steroid dienone is 1. The number of nitrogens with zero attached hydrogens (tertiary/aromatic N) is 2. The van der Waals surface area contributed by atoms with Crippen LogP contribution < -0.4 is 9.52 Å². The Labute approximate surface area is 203 Å². The average Bonchev–Trinajstić information content (AvgIpc) is 3.11. The summed E-state index contributed by atoms with van der Waals surface area (Å²) in [5, 5.41) is 0. The third-order valence-electron chi connectivity index (χ3n) is 5.35. The third-order valence-corrected chi connectivity index (χ3v) is 7.76. The van der Waals surface area contributed by atoms with Gasteiger partial charge in [0.1, 0.15) is 0 Å². The van der Waals surface area contributed by atoms with E-state index in [9.17, 15) is 13.2 Å². The molecule has 1 heterocycles. The van der Waals surface area contributed by atoms with Gasteiger partial charge in [-0.1, -0.05) is 53.3 Å². The van der Waals surface area contributed by atoms with E-state index < -0.39 is 15.9 Å². The van der Waals surface area contributed by atoms with Gasteiger partial charge >= 0.3 is 0 Å². The number of hydrogen-bond acceptors (Lipinski definition) is 4. The minimum Gasteiger partial charge on any atom is -0.312 e. The molecule has 34 heavy (non-hydrogen) atoms. The van der Waals surface area contributed by atoms with Crippen molar-refractivity contribution >= 4 is 43.2 Å². The lowest BCUT2D eigenvalue weighted by molar-refractivity contribution is 0.0998. The highest BCUT2D eigenvalue weighted by molar-refractivity contribution is 7.92. The van der Waals surface area contributed by atoms with Crippen LogP contribution in [0.2, 0.25) is 0 Å². The van der Waals surface area contributed by atoms with E-state index in [1.165, 1.54) is 23.5 Å². The van der Waals surface area contributed by atoms with Gasteiger partial charge in [0.15, 0.2) is 4.80 Å². The summed E-state index contributed by atoms with van der Waals surface area (Å²) >= 11 is 1.42. The zero-order valence-electron chi connectivity index (χ0n) is 19.2. The van der Waals surface area contributed by atoms with Crippen molar-refractivity contribution in [2.45, 2.75) is 32.2 Å². The van der Waals surface area contributed by atoms with Crippen molar-refractivity contribution in [1.82, 2.24) is 4.57 Å². The Morgan fingerprint density at radius 2 is 1.76 bits per heavy atom. The van der Waals surface area contributed by atoms with E-state index in [2.05, 4.69) is 28.4 Å². The molecule has 0 aliphatic carbocycles. The van der Waals surface area contributed by atoms with Gasteiger partial charge in [-0.25, -0.2) is 8.42 Å². The van der Waals surface area contributed by atoms with E-state index in [4.69, 9.17) is 0 Å². The Morgan fingerprint density at radius 3 is 2.47 bits per heavy atom. The second-order valence-corrected chi connectivity index (χ2v) is 10.8. The summed E-state index contributed by atoms with van der Waals surface area (Å²) in [6.45, 7) is 10.3. The number of carbonyl (C=O) groups excluding carboxylic acids is 1. The SMILES string of the molecule is C=CCn1c(=NC(=O)c2ccccc2NS(=O)(=O)c2ccc(C)cc2)sc2cc(C)cc(C)c21. The molecule has 0 aliphatic rings. The van der Waals surface area contributed by atoms with E-state index >= 15 is 0 Å². The van der Waals surface area contributed by atoms with E-state index in [-0.39, 0.29) is 16.1 Å². The van der Waals surface area contributed by atoms with E-state index in [1.807, 2.05) is 25.3 Å². The summed E-state index contributed by atoms with van der Waals surface area (Å²) in [6, 6.07) is 17.2. The first kappa shape index (κ1) is 23.7. The molecule has 0 saturated carbocycles. The van der Waals surface area contributed by atoms with Crippen LogP contribution in [0.1, 0.15) is 27.0 Å². The number of amides is 1. The van der Waals surface area contributed by atoms with Crippen molar-refractivity contribution in [3.63, 3.8) is 0 Å². The van der Waals surface area contributed by atoms with Gasteiger partial charge in [-0.05, 0) is 62.2 Å². The number of carbonyl (C=O) groups is 1. The lowest BCUT2D eigenvalue weighted by Crippen LogP contribution is -2.18. The average molecular weight is 492 g/mol. The molecule has 0 spiro atoms. The van der Waals surface area contributed by atoms with Gasteiger partial charge in [0.05, 0.1) is 26.4 Å². The van der Waals surface area contributed by atoms with Crippen LogP contribution in [0.5, 0.6) is 0 Å². The molecule has 1 aromatic heterocycles. The van der Waals surface area contributed by atoms with Gasteiger partial charge in [-0.2, -0.15) is 4.99 Å². The summed E-state index contributed by atoms with van der Waals surface area (Å²) in [5.74, 6) is -0.527. The molecule has 4 aromatic rings. The normalized spacial score (nSPS) is 12.1. The maximum absolute atomic E-state index is 13.3. The predicted molar refractivity (Wildman–Crippen MR) is 138 cm³/mol. The van der Waals surface area contributed by atoms with Crippen molar-refractivity contribution in [3.05, 3.63) is 100 Å². The quantitative estimate of drug-likeness (QED) is 0.369. The molecule has 0 bridgehead atoms. The van der Waals surface area contributed by atoms with Crippen LogP contribution in [-0.4, -0.2) is 18.9 Å². The van der Waals surface area contributed by atoms with Gasteiger partial charge < -0.3 is 4.57 Å². The second-order valence-electron chi connectivity index (χ2n) is 8.09. The number of para-hydroxylation sites is 1. The monoisotopic (exact) mass is 491 g/mol. The van der Waals surface area contributed by atoms with Crippen LogP contribution in [0.4, 0.5) is 5.69 Å². The van der Waals surface area contributed by atoms with Gasteiger partial charge in [0.25, 0.3) is 15.9 Å². The number of anilines is 1. The Morgan fingerprint density at radius 1 is 1.06 bits per heavy atom. The van der Waals surface area contributed by atoms with Crippen molar-refractivity contribution in [2.75, 3.05) is 4.72 Å². The lowest BCUT2D eigenvalue weighted by Gasteiger charge is -2.11. The van der Waals surface area contributed by atoms with Crippen molar-refractivity contribution in [1.29, 1.82) is 0 Å². The number of nitrogens with one attached hydrogen (secondary N) is 1. The fraction of sp³-hybridized carbons (Fsp3) is 0.154. The van der Waals surface area contributed by atoms with Crippen LogP contribution in [-0.2, 0) is 16.6 Å². The number of hydrogen-bond donors (Lipinski definition) is 1. The molecule has 0 saturated heterocycles. The van der Waals surface area contributed by atoms with Gasteiger partial charge in [0, 0.05) is 6.54 Å². The number of aromatic nitrogens is 1. The predicted octanol–water partition coefficient (Wildman–Crippen LogP) is 5.36. The minimum atomic E-state index is -3.87. The molecule has 4 rings (SSSR count). The van der Waals surface area contributed by atoms with Gasteiger partial charge in [-0.3, -0.25) is 9.52 Å². The topological polar surface area (TPSA) is 80.5 Å². The molecule has 1 N–H and O–H groups in total. The summed E-state index contributed by atoms with van der Waals surface area (Å²) in [4.78, 5) is 18.3. The first-order valence-corrected chi connectivity index (χ1v) is 13.0. The molecule has 0 radical (unpaired) electrons. The number of aryl methyl sites for hydroxylation is 3. The van der Waals surface area contributed by atoms with Gasteiger partial charge in [-0.15, -0.1) is 6.58 Å². The summed E-state index contributed by atoms with van der Waals surface area (Å²) < 4.78 is 31.3. The molecule has 8 heteroatoms. The summed E-state index contributed by atoms with van der Waals surface area (Å²) in [5.41, 5.74) is 4.54. The molecule has 0 atom stereocenters. The van der Waals surface area contributed by atoms with Crippen LogP contribution in [0.25, 0.3) is 10.2 Å². The maximum Gasteiger partial charge on any atom is 0.281 e. The molecule has 174 valence electrons. The second kappa shape index (κ2) is 9.40. The Bertz CT molecular complexity index is 1580. The van der Waals surface area contributed by atoms with Crippen molar-refractivity contribution < 1.29 is 13.2 Å².